The summed E-state index contributed by atoms with van der Waals surface area (Å²) >= 11 is 0. The van der Waals surface area contributed by atoms with Crippen molar-refractivity contribution in [2.45, 2.75) is 46.8 Å². The average molecular weight is 459 g/mol. The third-order valence-corrected chi connectivity index (χ3v) is 6.10. The highest BCUT2D eigenvalue weighted by atomic mass is 16.5. The van der Waals surface area contributed by atoms with Crippen molar-refractivity contribution in [2.24, 2.45) is 5.92 Å². The first kappa shape index (κ1) is 25.2. The van der Waals surface area contributed by atoms with Crippen LogP contribution in [0.3, 0.4) is 0 Å². The largest absolute Gasteiger partial charge is 0.494 e. The molecule has 2 heterocycles. The van der Waals surface area contributed by atoms with Gasteiger partial charge in [0.15, 0.2) is 5.69 Å². The van der Waals surface area contributed by atoms with E-state index in [0.717, 1.165) is 45.1 Å². The molecule has 0 bridgehead atoms. The van der Waals surface area contributed by atoms with E-state index in [2.05, 4.69) is 53.0 Å². The lowest BCUT2D eigenvalue weighted by Gasteiger charge is -2.30. The van der Waals surface area contributed by atoms with Gasteiger partial charge in [0.2, 0.25) is 5.89 Å². The number of carbonyl (C=O) groups excluding carboxylic acids is 1. The second kappa shape index (κ2) is 12.7. The minimum Gasteiger partial charge on any atom is -0.494 e. The number of rotatable bonds is 12. The molecule has 182 valence electrons. The van der Waals surface area contributed by atoms with E-state index in [4.69, 9.17) is 13.9 Å². The quantitative estimate of drug-likeness (QED) is 0.523. The van der Waals surface area contributed by atoms with E-state index < -0.39 is 0 Å². The van der Waals surface area contributed by atoms with Crippen LogP contribution in [0.25, 0.3) is 0 Å². The Morgan fingerprint density at radius 2 is 1.91 bits per heavy atom. The lowest BCUT2D eigenvalue weighted by atomic mass is 10.0. The number of amides is 1. The van der Waals surface area contributed by atoms with Crippen LogP contribution in [0.1, 0.15) is 49.6 Å². The lowest BCUT2D eigenvalue weighted by molar-refractivity contribution is 0.0383. The van der Waals surface area contributed by atoms with Crippen LogP contribution in [-0.4, -0.2) is 72.7 Å². The molecule has 8 heteroatoms. The van der Waals surface area contributed by atoms with E-state index in [1.807, 2.05) is 19.1 Å². The molecule has 1 aromatic carbocycles. The molecule has 8 nitrogen and oxygen atoms in total. The average Bonchev–Trinajstić information content (AvgIpc) is 3.29. The molecule has 1 N–H and O–H groups in total. The number of nitrogens with zero attached hydrogens (tertiary/aromatic N) is 3. The number of hydrogen-bond donors (Lipinski definition) is 1. The van der Waals surface area contributed by atoms with Gasteiger partial charge < -0.3 is 19.2 Å². The van der Waals surface area contributed by atoms with E-state index in [1.165, 1.54) is 11.8 Å². The van der Waals surface area contributed by atoms with Gasteiger partial charge >= 0.3 is 0 Å². The highest BCUT2D eigenvalue weighted by Gasteiger charge is 2.21. The van der Waals surface area contributed by atoms with Gasteiger partial charge in [0.25, 0.3) is 5.91 Å². The Morgan fingerprint density at radius 3 is 2.58 bits per heavy atom. The predicted molar refractivity (Wildman–Crippen MR) is 127 cm³/mol. The second-order valence-electron chi connectivity index (χ2n) is 8.80. The summed E-state index contributed by atoms with van der Waals surface area (Å²) in [6, 6.07) is 8.50. The minimum absolute atomic E-state index is 0.201. The Bertz CT molecular complexity index is 846. The van der Waals surface area contributed by atoms with Crippen molar-refractivity contribution in [1.29, 1.82) is 0 Å². The van der Waals surface area contributed by atoms with Crippen LogP contribution in [0.2, 0.25) is 0 Å². The Morgan fingerprint density at radius 1 is 1.18 bits per heavy atom. The third kappa shape index (κ3) is 7.84. The molecule has 0 unspecified atom stereocenters. The van der Waals surface area contributed by atoms with Crippen molar-refractivity contribution in [3.8, 4) is 5.75 Å². The molecule has 1 fully saturated rings. The van der Waals surface area contributed by atoms with Gasteiger partial charge in [0.05, 0.1) is 26.4 Å². The molecule has 1 atom stereocenters. The summed E-state index contributed by atoms with van der Waals surface area (Å²) in [5.74, 6) is 1.69. The van der Waals surface area contributed by atoms with Gasteiger partial charge in [-0.2, -0.15) is 0 Å². The highest BCUT2D eigenvalue weighted by molar-refractivity contribution is 5.91. The molecule has 0 radical (unpaired) electrons. The number of aromatic nitrogens is 1. The number of ether oxygens (including phenoxy) is 2. The van der Waals surface area contributed by atoms with Crippen LogP contribution in [0.5, 0.6) is 5.75 Å². The summed E-state index contributed by atoms with van der Waals surface area (Å²) < 4.78 is 16.6. The van der Waals surface area contributed by atoms with E-state index in [-0.39, 0.29) is 5.91 Å². The van der Waals surface area contributed by atoms with Gasteiger partial charge in [-0.15, -0.1) is 0 Å². The van der Waals surface area contributed by atoms with E-state index in [1.54, 1.807) is 0 Å². The van der Waals surface area contributed by atoms with Gasteiger partial charge in [0.1, 0.15) is 12.0 Å². The Kier molecular flexibility index (Phi) is 9.72. The van der Waals surface area contributed by atoms with Crippen molar-refractivity contribution < 1.29 is 18.7 Å². The van der Waals surface area contributed by atoms with Crippen LogP contribution in [0.4, 0.5) is 0 Å². The predicted octanol–water partition coefficient (Wildman–Crippen LogP) is 3.18. The van der Waals surface area contributed by atoms with Crippen LogP contribution < -0.4 is 10.1 Å². The molecule has 1 aliphatic rings. The molecule has 1 saturated heterocycles. The van der Waals surface area contributed by atoms with Gasteiger partial charge in [-0.1, -0.05) is 26.0 Å². The fourth-order valence-electron chi connectivity index (χ4n) is 3.76. The molecule has 3 rings (SSSR count). The van der Waals surface area contributed by atoms with Gasteiger partial charge in [0, 0.05) is 38.8 Å². The molecular formula is C25H38N4O4. The summed E-state index contributed by atoms with van der Waals surface area (Å²) in [5.41, 5.74) is 1.52. The summed E-state index contributed by atoms with van der Waals surface area (Å²) in [7, 11) is 0. The smallest absolute Gasteiger partial charge is 0.273 e. The van der Waals surface area contributed by atoms with Gasteiger partial charge in [-0.3, -0.25) is 14.6 Å². The topological polar surface area (TPSA) is 80.1 Å². The minimum atomic E-state index is -0.201. The van der Waals surface area contributed by atoms with Crippen LogP contribution in [-0.2, 0) is 17.8 Å². The van der Waals surface area contributed by atoms with Gasteiger partial charge in [-0.25, -0.2) is 4.98 Å². The third-order valence-electron chi connectivity index (χ3n) is 6.10. The fourth-order valence-corrected chi connectivity index (χ4v) is 3.76. The maximum absolute atomic E-state index is 12.5. The first-order chi connectivity index (χ1) is 16.0. The number of nitrogens with one attached hydrogen (secondary N) is 1. The zero-order chi connectivity index (χ0) is 23.6. The molecule has 1 aromatic heterocycles. The number of oxazole rings is 1. The molecule has 0 spiro atoms. The molecule has 1 amide bonds. The van der Waals surface area contributed by atoms with Crippen molar-refractivity contribution >= 4 is 5.91 Å². The number of benzene rings is 1. The van der Waals surface area contributed by atoms with E-state index >= 15 is 0 Å². The van der Waals surface area contributed by atoms with Crippen LogP contribution in [0.15, 0.2) is 34.9 Å². The molecule has 0 aliphatic carbocycles. The Labute approximate surface area is 197 Å². The number of morpholine rings is 1. The SMILES string of the molecule is CCOc1ccc(CN(Cc2nc(C(=O)NCCN3CCOCC3)co2)[C@@H](C)C(C)C)cc1. The summed E-state index contributed by atoms with van der Waals surface area (Å²) in [4.78, 5) is 21.6. The maximum Gasteiger partial charge on any atom is 0.273 e. The zero-order valence-electron chi connectivity index (χ0n) is 20.4. The summed E-state index contributed by atoms with van der Waals surface area (Å²) in [6.07, 6.45) is 1.45. The van der Waals surface area contributed by atoms with Gasteiger partial charge in [-0.05, 0) is 37.5 Å². The zero-order valence-corrected chi connectivity index (χ0v) is 20.4. The number of hydrogen-bond acceptors (Lipinski definition) is 7. The van der Waals surface area contributed by atoms with E-state index in [9.17, 15) is 4.79 Å². The normalized spacial score (nSPS) is 15.7. The molecular weight excluding hydrogens is 420 g/mol. The molecule has 33 heavy (non-hydrogen) atoms. The van der Waals surface area contributed by atoms with Crippen molar-refractivity contribution in [1.82, 2.24) is 20.1 Å². The molecule has 1 aliphatic heterocycles. The molecule has 2 aromatic rings. The summed E-state index contributed by atoms with van der Waals surface area (Å²) in [6.45, 7) is 15.3. The Balaban J connectivity index is 1.56. The van der Waals surface area contributed by atoms with Crippen molar-refractivity contribution in [3.05, 3.63) is 47.7 Å². The first-order valence-corrected chi connectivity index (χ1v) is 11.9. The van der Waals surface area contributed by atoms with Crippen molar-refractivity contribution in [3.63, 3.8) is 0 Å². The van der Waals surface area contributed by atoms with Crippen LogP contribution >= 0.6 is 0 Å². The lowest BCUT2D eigenvalue weighted by Crippen LogP contribution is -2.41. The monoisotopic (exact) mass is 458 g/mol. The highest BCUT2D eigenvalue weighted by Crippen LogP contribution is 2.20. The number of carbonyl (C=O) groups is 1. The fraction of sp³-hybridized carbons (Fsp3) is 0.600. The second-order valence-corrected chi connectivity index (χ2v) is 8.80. The Hall–Kier alpha value is -2.42. The van der Waals surface area contributed by atoms with Crippen molar-refractivity contribution in [2.75, 3.05) is 46.0 Å². The van der Waals surface area contributed by atoms with Crippen LogP contribution in [0, 0.1) is 5.92 Å². The summed E-state index contributed by atoms with van der Waals surface area (Å²) in [5, 5.41) is 2.94. The standard InChI is InChI=1S/C25H38N4O4/c1-5-32-22-8-6-21(7-9-22)16-29(20(4)19(2)3)17-24-27-23(18-33-24)25(30)26-10-11-28-12-14-31-15-13-28/h6-9,18-20H,5,10-17H2,1-4H3,(H,26,30)/t20-/m0/s1. The van der Waals surface area contributed by atoms with E-state index in [0.29, 0.717) is 43.2 Å². The molecule has 0 saturated carbocycles. The first-order valence-electron chi connectivity index (χ1n) is 11.9. The maximum atomic E-state index is 12.5.